The third-order valence-electron chi connectivity index (χ3n) is 12.1. The van der Waals surface area contributed by atoms with Crippen LogP contribution in [0.2, 0.25) is 0 Å². The maximum atomic E-state index is 3.86. The van der Waals surface area contributed by atoms with Crippen LogP contribution in [-0.4, -0.2) is 0 Å². The zero-order chi connectivity index (χ0) is 20.8. The summed E-state index contributed by atoms with van der Waals surface area (Å²) in [7, 11) is 0. The third-order valence-corrected chi connectivity index (χ3v) is 12.1. The summed E-state index contributed by atoms with van der Waals surface area (Å²) in [6, 6.07) is 14.8. The van der Waals surface area contributed by atoms with Gasteiger partial charge in [0, 0.05) is 11.4 Å². The van der Waals surface area contributed by atoms with E-state index in [1.165, 1.54) is 56.3 Å². The van der Waals surface area contributed by atoms with Crippen LogP contribution >= 0.6 is 0 Å². The second-order valence-electron chi connectivity index (χ2n) is 13.3. The fourth-order valence-electron chi connectivity index (χ4n) is 10.6. The Morgan fingerprint density at radius 3 is 2.28 bits per heavy atom. The number of rotatable bonds is 2. The van der Waals surface area contributed by atoms with E-state index in [2.05, 4.69) is 48.6 Å². The van der Waals surface area contributed by atoms with E-state index in [0.717, 1.165) is 58.7 Å². The SMILES string of the molecule is CC1CC2CC3CC(CC23)c2cc(Nc3ccc4c(c3)C3CC5CC6(CC46)C5C3)ccc21. The number of anilines is 2. The Morgan fingerprint density at radius 2 is 1.41 bits per heavy atom. The average Bonchev–Trinajstić information content (AvgIpc) is 3.26. The van der Waals surface area contributed by atoms with Gasteiger partial charge in [-0.15, -0.1) is 0 Å². The summed E-state index contributed by atoms with van der Waals surface area (Å²) in [5.74, 6) is 8.52. The highest BCUT2D eigenvalue weighted by atomic mass is 14.9. The molecule has 0 saturated heterocycles. The topological polar surface area (TPSA) is 12.0 Å². The number of benzene rings is 2. The van der Waals surface area contributed by atoms with Crippen molar-refractivity contribution in [3.8, 4) is 0 Å². The Labute approximate surface area is 192 Å². The molecule has 1 N–H and O–H groups in total. The third kappa shape index (κ3) is 2.09. The highest BCUT2D eigenvalue weighted by Gasteiger charge is 2.71. The lowest BCUT2D eigenvalue weighted by Crippen LogP contribution is -2.35. The summed E-state index contributed by atoms with van der Waals surface area (Å²) in [6.45, 7) is 2.49. The summed E-state index contributed by atoms with van der Waals surface area (Å²) in [5.41, 5.74) is 10.2. The standard InChI is InChI=1S/C31H35N/c1-16-6-17-7-18-8-19(10-26(17)18)27-12-22(2-4-24(16)27)32-23-3-5-25-28(13-23)20-9-21-14-31(15-30(25)31)29(21)11-20/h2-5,12-13,16-21,26,29-30,32H,6-11,14-15H2,1H3. The van der Waals surface area contributed by atoms with Crippen molar-refractivity contribution in [3.05, 3.63) is 58.7 Å². The van der Waals surface area contributed by atoms with Gasteiger partial charge in [0.05, 0.1) is 0 Å². The van der Waals surface area contributed by atoms with Crippen molar-refractivity contribution in [2.45, 2.75) is 82.0 Å². The number of nitrogens with one attached hydrogen (secondary N) is 1. The van der Waals surface area contributed by atoms with Crippen LogP contribution < -0.4 is 5.32 Å². The highest BCUT2D eigenvalue weighted by Crippen LogP contribution is 2.81. The molecule has 1 heteroatoms. The quantitative estimate of drug-likeness (QED) is 0.517. The maximum Gasteiger partial charge on any atom is 0.0387 e. The van der Waals surface area contributed by atoms with Crippen LogP contribution in [0.4, 0.5) is 11.4 Å². The van der Waals surface area contributed by atoms with Crippen molar-refractivity contribution in [2.24, 2.45) is 35.0 Å². The molecule has 5 fully saturated rings. The molecule has 0 heterocycles. The first kappa shape index (κ1) is 17.7. The van der Waals surface area contributed by atoms with E-state index in [9.17, 15) is 0 Å². The van der Waals surface area contributed by atoms with Crippen molar-refractivity contribution < 1.29 is 0 Å². The van der Waals surface area contributed by atoms with Gasteiger partial charge in [0.15, 0.2) is 0 Å². The second-order valence-corrected chi connectivity index (χ2v) is 13.3. The highest BCUT2D eigenvalue weighted by molar-refractivity contribution is 5.64. The van der Waals surface area contributed by atoms with Crippen LogP contribution in [0.1, 0.15) is 104 Å². The van der Waals surface area contributed by atoms with Gasteiger partial charge >= 0.3 is 0 Å². The first-order valence-electron chi connectivity index (χ1n) is 13.7. The van der Waals surface area contributed by atoms with Gasteiger partial charge in [-0.2, -0.15) is 0 Å². The molecule has 0 aliphatic heterocycles. The second kappa shape index (κ2) is 5.65. The van der Waals surface area contributed by atoms with Crippen molar-refractivity contribution in [1.82, 2.24) is 0 Å². The molecule has 2 aromatic rings. The minimum absolute atomic E-state index is 0.730. The van der Waals surface area contributed by atoms with Gasteiger partial charge in [-0.25, -0.2) is 0 Å². The monoisotopic (exact) mass is 421 g/mol. The molecule has 1 nitrogen and oxygen atoms in total. The minimum atomic E-state index is 0.730. The van der Waals surface area contributed by atoms with E-state index in [-0.39, 0.29) is 0 Å². The van der Waals surface area contributed by atoms with Gasteiger partial charge in [-0.05, 0) is 157 Å². The van der Waals surface area contributed by atoms with E-state index in [1.807, 2.05) is 0 Å². The molecular formula is C31H35N. The van der Waals surface area contributed by atoms with E-state index < -0.39 is 0 Å². The van der Waals surface area contributed by atoms with Gasteiger partial charge in [0.1, 0.15) is 0 Å². The molecule has 164 valence electrons. The molecule has 4 bridgehead atoms. The molecule has 9 rings (SSSR count). The Bertz CT molecular complexity index is 1160. The molecule has 1 spiro atoms. The number of hydrogen-bond donors (Lipinski definition) is 1. The molecule has 2 aromatic carbocycles. The van der Waals surface area contributed by atoms with Crippen LogP contribution in [0, 0.1) is 35.0 Å². The number of fused-ring (bicyclic) bond motifs is 7. The Balaban J connectivity index is 1.06. The molecule has 0 aromatic heterocycles. The van der Waals surface area contributed by atoms with Gasteiger partial charge in [-0.1, -0.05) is 19.1 Å². The minimum Gasteiger partial charge on any atom is -0.356 e. The summed E-state index contributed by atoms with van der Waals surface area (Å²) < 4.78 is 0. The van der Waals surface area contributed by atoms with Crippen LogP contribution in [0.25, 0.3) is 0 Å². The lowest BCUT2D eigenvalue weighted by atomic mass is 9.62. The molecule has 10 atom stereocenters. The largest absolute Gasteiger partial charge is 0.356 e. The molecular weight excluding hydrogens is 386 g/mol. The first-order valence-corrected chi connectivity index (χ1v) is 13.7. The Morgan fingerprint density at radius 1 is 0.688 bits per heavy atom. The Kier molecular flexibility index (Phi) is 3.12. The zero-order valence-corrected chi connectivity index (χ0v) is 19.3. The van der Waals surface area contributed by atoms with Crippen LogP contribution in [0.15, 0.2) is 36.4 Å². The molecule has 5 saturated carbocycles. The molecule has 0 amide bonds. The normalized spacial score (nSPS) is 47.6. The van der Waals surface area contributed by atoms with Crippen LogP contribution in [0.3, 0.4) is 0 Å². The lowest BCUT2D eigenvalue weighted by Gasteiger charge is -2.43. The van der Waals surface area contributed by atoms with E-state index >= 15 is 0 Å². The summed E-state index contributed by atoms with van der Waals surface area (Å²) in [4.78, 5) is 0. The fourth-order valence-corrected chi connectivity index (χ4v) is 10.6. The van der Waals surface area contributed by atoms with Crippen LogP contribution in [-0.2, 0) is 0 Å². The van der Waals surface area contributed by atoms with E-state index in [0.29, 0.717) is 0 Å². The maximum absolute atomic E-state index is 3.86. The predicted molar refractivity (Wildman–Crippen MR) is 130 cm³/mol. The van der Waals surface area contributed by atoms with Gasteiger partial charge < -0.3 is 5.32 Å². The van der Waals surface area contributed by atoms with Crippen LogP contribution in [0.5, 0.6) is 0 Å². The predicted octanol–water partition coefficient (Wildman–Crippen LogP) is 8.07. The lowest BCUT2D eigenvalue weighted by molar-refractivity contribution is 0.0724. The zero-order valence-electron chi connectivity index (χ0n) is 19.3. The van der Waals surface area contributed by atoms with Gasteiger partial charge in [0.2, 0.25) is 0 Å². The van der Waals surface area contributed by atoms with E-state index in [1.54, 1.807) is 28.7 Å². The molecule has 7 aliphatic rings. The number of hydrogen-bond acceptors (Lipinski definition) is 1. The van der Waals surface area contributed by atoms with Crippen molar-refractivity contribution >= 4 is 11.4 Å². The first-order chi connectivity index (χ1) is 15.7. The smallest absolute Gasteiger partial charge is 0.0387 e. The van der Waals surface area contributed by atoms with Crippen molar-refractivity contribution in [2.75, 3.05) is 5.32 Å². The molecule has 7 aliphatic carbocycles. The Hall–Kier alpha value is -1.76. The molecule has 0 radical (unpaired) electrons. The average molecular weight is 422 g/mol. The molecule has 32 heavy (non-hydrogen) atoms. The van der Waals surface area contributed by atoms with Crippen molar-refractivity contribution in [3.63, 3.8) is 0 Å². The van der Waals surface area contributed by atoms with Gasteiger partial charge in [-0.3, -0.25) is 0 Å². The molecule has 10 unspecified atom stereocenters. The summed E-state index contributed by atoms with van der Waals surface area (Å²) in [5, 5.41) is 3.86. The van der Waals surface area contributed by atoms with Crippen molar-refractivity contribution in [1.29, 1.82) is 0 Å². The summed E-state index contributed by atoms with van der Waals surface area (Å²) >= 11 is 0. The van der Waals surface area contributed by atoms with Gasteiger partial charge in [0.25, 0.3) is 0 Å². The summed E-state index contributed by atoms with van der Waals surface area (Å²) in [6.07, 6.45) is 11.9. The fraction of sp³-hybridized carbons (Fsp3) is 0.613. The van der Waals surface area contributed by atoms with E-state index in [4.69, 9.17) is 0 Å².